The summed E-state index contributed by atoms with van der Waals surface area (Å²) in [5, 5.41) is 3.82. The van der Waals surface area contributed by atoms with Crippen LogP contribution >= 0.6 is 0 Å². The van der Waals surface area contributed by atoms with Gasteiger partial charge in [-0.25, -0.2) is 14.0 Å². The van der Waals surface area contributed by atoms with Gasteiger partial charge in [-0.1, -0.05) is 13.8 Å². The molecule has 2 N–H and O–H groups in total. The van der Waals surface area contributed by atoms with Crippen molar-refractivity contribution in [1.29, 1.82) is 0 Å². The van der Waals surface area contributed by atoms with Gasteiger partial charge < -0.3 is 14.8 Å². The Balaban J connectivity index is 3.01. The number of urea groups is 1. The zero-order chi connectivity index (χ0) is 16.2. The Morgan fingerprint density at radius 2 is 1.86 bits per heavy atom. The summed E-state index contributed by atoms with van der Waals surface area (Å²) in [6.07, 6.45) is -1.74. The Morgan fingerprint density at radius 1 is 1.29 bits per heavy atom. The number of ether oxygens (including phenoxy) is 2. The van der Waals surface area contributed by atoms with Crippen LogP contribution in [0.2, 0.25) is 0 Å². The van der Waals surface area contributed by atoms with E-state index in [2.05, 4.69) is 5.32 Å². The van der Waals surface area contributed by atoms with Gasteiger partial charge in [-0.2, -0.15) is 0 Å². The summed E-state index contributed by atoms with van der Waals surface area (Å²) in [6, 6.07) is -0.919. The molecule has 0 aromatic rings. The van der Waals surface area contributed by atoms with E-state index in [1.54, 1.807) is 33.0 Å². The van der Waals surface area contributed by atoms with E-state index in [1.165, 1.54) is 0 Å². The molecule has 0 aromatic carbocycles. The number of rotatable bonds is 6. The minimum absolute atomic E-state index is 0.451. The van der Waals surface area contributed by atoms with Crippen LogP contribution in [0.3, 0.4) is 0 Å². The van der Waals surface area contributed by atoms with Gasteiger partial charge in [-0.15, -0.1) is 0 Å². The molecule has 1 rings (SSSR count). The number of carbonyl (C=O) groups excluding carboxylic acids is 3. The molecule has 4 atom stereocenters. The molecule has 1 heterocycles. The van der Waals surface area contributed by atoms with E-state index < -0.39 is 42.0 Å². The Bertz CT molecular complexity index is 431. The smallest absolute Gasteiger partial charge is 0.359 e. The molecule has 0 aromatic heterocycles. The van der Waals surface area contributed by atoms with E-state index in [4.69, 9.17) is 9.47 Å². The first-order chi connectivity index (χ1) is 9.75. The maximum atomic E-state index is 15.0. The first kappa shape index (κ1) is 17.4. The predicted molar refractivity (Wildman–Crippen MR) is 71.0 cm³/mol. The number of carbonyl (C=O) groups is 3. The third-order valence-corrected chi connectivity index (χ3v) is 3.30. The lowest BCUT2D eigenvalue weighted by atomic mass is 10.0. The van der Waals surface area contributed by atoms with Crippen LogP contribution in [-0.4, -0.2) is 42.0 Å². The van der Waals surface area contributed by atoms with Gasteiger partial charge in [0.25, 0.3) is 5.91 Å². The van der Waals surface area contributed by atoms with Crippen molar-refractivity contribution in [3.63, 3.8) is 0 Å². The van der Waals surface area contributed by atoms with Crippen molar-refractivity contribution in [2.45, 2.75) is 64.6 Å². The largest absolute Gasteiger partial charge is 0.460 e. The van der Waals surface area contributed by atoms with Crippen LogP contribution in [0.5, 0.6) is 0 Å². The summed E-state index contributed by atoms with van der Waals surface area (Å²) < 4.78 is 25.1. The molecule has 120 valence electrons. The van der Waals surface area contributed by atoms with E-state index in [1.807, 2.05) is 0 Å². The van der Waals surface area contributed by atoms with Crippen LogP contribution in [0.25, 0.3) is 0 Å². The molecule has 1 aliphatic heterocycles. The number of halogens is 1. The first-order valence-electron chi connectivity index (χ1n) is 6.93. The van der Waals surface area contributed by atoms with Crippen molar-refractivity contribution in [2.75, 3.05) is 0 Å². The first-order valence-corrected chi connectivity index (χ1v) is 6.93. The molecule has 0 bridgehead atoms. The zero-order valence-corrected chi connectivity index (χ0v) is 12.6. The molecule has 1 saturated heterocycles. The number of amides is 3. The van der Waals surface area contributed by atoms with E-state index in [0.717, 1.165) is 0 Å². The highest BCUT2D eigenvalue weighted by Gasteiger charge is 2.60. The number of imide groups is 1. The lowest BCUT2D eigenvalue weighted by Crippen LogP contribution is -2.71. The van der Waals surface area contributed by atoms with Gasteiger partial charge >= 0.3 is 17.7 Å². The molecule has 21 heavy (non-hydrogen) atoms. The highest BCUT2D eigenvalue weighted by Crippen LogP contribution is 2.25. The van der Waals surface area contributed by atoms with Gasteiger partial charge in [0, 0.05) is 0 Å². The van der Waals surface area contributed by atoms with Crippen molar-refractivity contribution in [2.24, 2.45) is 0 Å². The summed E-state index contributed by atoms with van der Waals surface area (Å²) in [5.41, 5.74) is -3.11. The quantitative estimate of drug-likeness (QED) is 0.564. The van der Waals surface area contributed by atoms with Gasteiger partial charge in [0.2, 0.25) is 0 Å². The van der Waals surface area contributed by atoms with Crippen molar-refractivity contribution in [3.8, 4) is 0 Å². The van der Waals surface area contributed by atoms with Crippen molar-refractivity contribution < 1.29 is 28.2 Å². The molecule has 0 spiro atoms. The molecule has 4 unspecified atom stereocenters. The van der Waals surface area contributed by atoms with Gasteiger partial charge in [-0.3, -0.25) is 10.1 Å². The number of nitrogens with one attached hydrogen (secondary N) is 2. The lowest BCUT2D eigenvalue weighted by molar-refractivity contribution is -0.186. The summed E-state index contributed by atoms with van der Waals surface area (Å²) in [7, 11) is 0. The highest BCUT2D eigenvalue weighted by atomic mass is 19.1. The van der Waals surface area contributed by atoms with Crippen LogP contribution < -0.4 is 10.6 Å². The number of esters is 1. The molecule has 0 radical (unpaired) electrons. The number of alkyl halides is 1. The predicted octanol–water partition coefficient (Wildman–Crippen LogP) is 1.02. The van der Waals surface area contributed by atoms with Crippen LogP contribution in [-0.2, 0) is 19.1 Å². The Kier molecular flexibility index (Phi) is 5.65. The molecule has 0 aliphatic carbocycles. The van der Waals surface area contributed by atoms with Crippen LogP contribution in [0.1, 0.15) is 40.5 Å². The van der Waals surface area contributed by atoms with Gasteiger partial charge in [0.15, 0.2) is 6.23 Å². The minimum Gasteiger partial charge on any atom is -0.460 e. The SMILES string of the molecule is CCC(C)OC(=O)C1(F)C(=O)NC(=O)NC1OC(C)CC. The van der Waals surface area contributed by atoms with E-state index >= 15 is 0 Å². The lowest BCUT2D eigenvalue weighted by Gasteiger charge is -2.36. The van der Waals surface area contributed by atoms with Crippen LogP contribution in [0.4, 0.5) is 9.18 Å². The fraction of sp³-hybridized carbons (Fsp3) is 0.769. The van der Waals surface area contributed by atoms with E-state index in [-0.39, 0.29) is 0 Å². The van der Waals surface area contributed by atoms with Gasteiger partial charge in [0.05, 0.1) is 12.2 Å². The second-order valence-corrected chi connectivity index (χ2v) is 5.00. The Labute approximate surface area is 122 Å². The fourth-order valence-electron chi connectivity index (χ4n) is 1.58. The van der Waals surface area contributed by atoms with Gasteiger partial charge in [0.1, 0.15) is 0 Å². The second kappa shape index (κ2) is 6.84. The average Bonchev–Trinajstić information content (AvgIpc) is 2.43. The van der Waals surface area contributed by atoms with Crippen molar-refractivity contribution >= 4 is 17.9 Å². The Morgan fingerprint density at radius 3 is 2.38 bits per heavy atom. The zero-order valence-electron chi connectivity index (χ0n) is 12.6. The van der Waals surface area contributed by atoms with Crippen molar-refractivity contribution in [1.82, 2.24) is 10.6 Å². The second-order valence-electron chi connectivity index (χ2n) is 5.00. The van der Waals surface area contributed by atoms with E-state index in [9.17, 15) is 18.8 Å². The van der Waals surface area contributed by atoms with Gasteiger partial charge in [-0.05, 0) is 26.7 Å². The molecule has 7 nitrogen and oxygen atoms in total. The molecule has 0 saturated carbocycles. The third kappa shape index (κ3) is 3.69. The number of hydrogen-bond donors (Lipinski definition) is 2. The highest BCUT2D eigenvalue weighted by molar-refractivity contribution is 6.14. The van der Waals surface area contributed by atoms with Crippen LogP contribution in [0.15, 0.2) is 0 Å². The monoisotopic (exact) mass is 304 g/mol. The standard InChI is InChI=1S/C13H21FN2O5/c1-5-7(3)20-10-13(14,9(17)15-12(19)16-10)11(18)21-8(4)6-2/h7-8,10H,5-6H2,1-4H3,(H2,15,16,17,19). The molecule has 8 heteroatoms. The van der Waals surface area contributed by atoms with E-state index in [0.29, 0.717) is 12.8 Å². The maximum absolute atomic E-state index is 15.0. The summed E-state index contributed by atoms with van der Waals surface area (Å²) in [4.78, 5) is 35.1. The fourth-order valence-corrected chi connectivity index (χ4v) is 1.58. The molecule has 1 fully saturated rings. The third-order valence-electron chi connectivity index (χ3n) is 3.30. The Hall–Kier alpha value is -1.70. The summed E-state index contributed by atoms with van der Waals surface area (Å²) in [5.74, 6) is -2.75. The maximum Gasteiger partial charge on any atom is 0.359 e. The number of hydrogen-bond acceptors (Lipinski definition) is 5. The topological polar surface area (TPSA) is 93.7 Å². The average molecular weight is 304 g/mol. The normalized spacial score (nSPS) is 28.3. The summed E-state index contributed by atoms with van der Waals surface area (Å²) >= 11 is 0. The molecular formula is C13H21FN2O5. The molecule has 1 aliphatic rings. The van der Waals surface area contributed by atoms with Crippen molar-refractivity contribution in [3.05, 3.63) is 0 Å². The van der Waals surface area contributed by atoms with Crippen LogP contribution in [0, 0.1) is 0 Å². The summed E-state index contributed by atoms with van der Waals surface area (Å²) in [6.45, 7) is 6.75. The molecule has 3 amide bonds. The molecular weight excluding hydrogens is 283 g/mol. The minimum atomic E-state index is -3.11.